The van der Waals surface area contributed by atoms with Crippen molar-refractivity contribution in [3.63, 3.8) is 0 Å². The molecule has 2 N–H and O–H groups in total. The number of hydrogen-bond donors (Lipinski definition) is 2. The number of rotatable bonds is 18. The van der Waals surface area contributed by atoms with Gasteiger partial charge in [0.2, 0.25) is 0 Å². The van der Waals surface area contributed by atoms with Gasteiger partial charge in [-0.1, -0.05) is 121 Å². The minimum Gasteiger partial charge on any atom is -0.302 e. The van der Waals surface area contributed by atoms with Gasteiger partial charge >= 0.3 is 46.9 Å². The van der Waals surface area contributed by atoms with E-state index in [4.69, 9.17) is 62.9 Å². The lowest BCUT2D eigenvalue weighted by molar-refractivity contribution is -0.194. The lowest BCUT2D eigenvalue weighted by atomic mass is 9.85. The van der Waals surface area contributed by atoms with E-state index in [1.807, 2.05) is 0 Å². The molecule has 2 aliphatic heterocycles. The third-order valence-electron chi connectivity index (χ3n) is 9.24. The van der Waals surface area contributed by atoms with Crippen molar-refractivity contribution >= 4 is 46.9 Å². The van der Waals surface area contributed by atoms with Gasteiger partial charge in [-0.3, -0.25) is 54.3 Å². The molecule has 10 atom stereocenters. The van der Waals surface area contributed by atoms with E-state index in [1.165, 1.54) is 0 Å². The Kier molecular flexibility index (Phi) is 16.1. The zero-order valence-electron chi connectivity index (χ0n) is 33.6. The number of benzene rings is 4. The van der Waals surface area contributed by atoms with E-state index in [-0.39, 0.29) is 0 Å². The molecule has 0 radical (unpaired) electrons. The minimum atomic E-state index is -5.68. The van der Waals surface area contributed by atoms with Gasteiger partial charge in [-0.25, -0.2) is 27.4 Å². The number of phosphoric ester groups is 6. The molecule has 0 spiro atoms. The highest BCUT2D eigenvalue weighted by Crippen LogP contribution is 2.73. The highest BCUT2D eigenvalue weighted by molar-refractivity contribution is 7.62. The Morgan fingerprint density at radius 2 is 0.719 bits per heavy atom. The van der Waals surface area contributed by atoms with Crippen LogP contribution >= 0.6 is 46.9 Å². The van der Waals surface area contributed by atoms with E-state index in [2.05, 4.69) is 0 Å². The third kappa shape index (κ3) is 13.0. The molecule has 3 aliphatic rings. The van der Waals surface area contributed by atoms with Crippen molar-refractivity contribution in [3.05, 3.63) is 144 Å². The zero-order chi connectivity index (χ0) is 45.6. The molecule has 348 valence electrons. The number of fused-ring (bicyclic) bond motifs is 3. The summed E-state index contributed by atoms with van der Waals surface area (Å²) in [6, 6.07) is 33.1. The summed E-state index contributed by atoms with van der Waals surface area (Å²) in [6.07, 6.45) is -14.1. The van der Waals surface area contributed by atoms with Crippen molar-refractivity contribution in [2.24, 2.45) is 0 Å². The Morgan fingerprint density at radius 1 is 0.453 bits per heavy atom. The van der Waals surface area contributed by atoms with Crippen LogP contribution in [0.4, 0.5) is 0 Å². The SMILES string of the molecule is COP1(=O)OC2C(OP(=O)(O)O1)C(OP(=O)(OCc1ccccc1)OCc1ccccc1)C(OP(=O)(OCc1ccccc1)OCc1ccccc1)C1OP(=O)(O)OP(=O)(OC)OC12. The van der Waals surface area contributed by atoms with Crippen molar-refractivity contribution in [1.29, 1.82) is 0 Å². The summed E-state index contributed by atoms with van der Waals surface area (Å²) in [5.74, 6) is 0. The second kappa shape index (κ2) is 20.9. The van der Waals surface area contributed by atoms with E-state index in [1.54, 1.807) is 121 Å². The van der Waals surface area contributed by atoms with Gasteiger partial charge < -0.3 is 9.79 Å². The van der Waals surface area contributed by atoms with Crippen molar-refractivity contribution in [2.75, 3.05) is 14.2 Å². The molecule has 0 bridgehead atoms. The average Bonchev–Trinajstić information content (AvgIpc) is 3.47. The van der Waals surface area contributed by atoms with Crippen LogP contribution in [0.1, 0.15) is 22.3 Å². The molecule has 0 aromatic heterocycles. The van der Waals surface area contributed by atoms with Crippen LogP contribution in [0.5, 0.6) is 0 Å². The summed E-state index contributed by atoms with van der Waals surface area (Å²) in [5, 5.41) is 0. The summed E-state index contributed by atoms with van der Waals surface area (Å²) < 4.78 is 162. The van der Waals surface area contributed by atoms with Crippen LogP contribution in [-0.2, 0) is 117 Å². The molecule has 22 nitrogen and oxygen atoms in total. The highest BCUT2D eigenvalue weighted by Gasteiger charge is 2.67. The Balaban J connectivity index is 1.39. The maximum Gasteiger partial charge on any atom is 0.483 e. The normalized spacial score (nSPS) is 32.1. The maximum atomic E-state index is 15.1. The first kappa shape index (κ1) is 49.5. The van der Waals surface area contributed by atoms with Gasteiger partial charge in [-0.15, -0.1) is 0 Å². The van der Waals surface area contributed by atoms with Crippen LogP contribution in [0.3, 0.4) is 0 Å². The van der Waals surface area contributed by atoms with Crippen LogP contribution < -0.4 is 0 Å². The Morgan fingerprint density at radius 3 is 0.969 bits per heavy atom. The van der Waals surface area contributed by atoms with Crippen LogP contribution in [0.2, 0.25) is 0 Å². The quantitative estimate of drug-likeness (QED) is 0.0879. The van der Waals surface area contributed by atoms with Gasteiger partial charge in [0.1, 0.15) is 36.6 Å². The molecule has 3 fully saturated rings. The summed E-state index contributed by atoms with van der Waals surface area (Å²) in [7, 11) is -30.6. The van der Waals surface area contributed by atoms with E-state index < -0.39 is 110 Å². The average molecular weight is 1010 g/mol. The fourth-order valence-electron chi connectivity index (χ4n) is 6.34. The Labute approximate surface area is 366 Å². The van der Waals surface area contributed by atoms with Crippen LogP contribution in [-0.4, -0.2) is 60.6 Å². The van der Waals surface area contributed by atoms with Gasteiger partial charge in [0.25, 0.3) is 0 Å². The number of phosphoric acid groups is 6. The molecule has 0 amide bonds. The lowest BCUT2D eigenvalue weighted by Crippen LogP contribution is -2.65. The molecule has 64 heavy (non-hydrogen) atoms. The second-order valence-corrected chi connectivity index (χ2v) is 23.5. The van der Waals surface area contributed by atoms with Crippen LogP contribution in [0.15, 0.2) is 121 Å². The standard InChI is InChI=1S/C36H42O22P6/c1-45-61(41)53-33-31(51-59(37,38)57-61)35(55-63(43,47-23-27-15-7-3-8-16-27)48-24-28-17-9-4-10-18-28)36(32-34(33)54-62(42,46-2)58-60(39,40)52-32)56-64(44,49-25-29-19-11-5-12-20-29)50-26-30-21-13-6-14-22-30/h3-22,31-36H,23-26H2,1-2H3,(H,37,38)(H,39,40). The maximum absolute atomic E-state index is 15.1. The van der Waals surface area contributed by atoms with Gasteiger partial charge in [0.05, 0.1) is 26.4 Å². The first-order valence-corrected chi connectivity index (χ1v) is 27.7. The molecule has 4 aromatic rings. The first-order valence-electron chi connectivity index (χ1n) is 18.9. The van der Waals surface area contributed by atoms with E-state index in [0.29, 0.717) is 22.3 Å². The van der Waals surface area contributed by atoms with E-state index >= 15 is 9.13 Å². The smallest absolute Gasteiger partial charge is 0.302 e. The Bertz CT molecular complexity index is 2200. The summed E-state index contributed by atoms with van der Waals surface area (Å²) in [4.78, 5) is 22.0. The molecule has 7 rings (SSSR count). The summed E-state index contributed by atoms with van der Waals surface area (Å²) in [6.45, 7) is -1.84. The van der Waals surface area contributed by atoms with Crippen LogP contribution in [0.25, 0.3) is 0 Å². The zero-order valence-corrected chi connectivity index (χ0v) is 38.9. The monoisotopic (exact) mass is 1010 g/mol. The molecule has 2 saturated heterocycles. The molecular weight excluding hydrogens is 970 g/mol. The first-order chi connectivity index (χ1) is 30.4. The molecule has 1 aliphatic carbocycles. The fourth-order valence-corrected chi connectivity index (χ4v) is 14.5. The molecule has 2 heterocycles. The molecular formula is C36H42O22P6. The van der Waals surface area contributed by atoms with Gasteiger partial charge in [-0.05, 0) is 22.3 Å². The van der Waals surface area contributed by atoms with E-state index in [9.17, 15) is 28.0 Å². The number of hydrogen-bond acceptors (Lipinski definition) is 20. The fraction of sp³-hybridized carbons (Fsp3) is 0.333. The van der Waals surface area contributed by atoms with Crippen molar-refractivity contribution in [1.82, 2.24) is 0 Å². The van der Waals surface area contributed by atoms with Gasteiger partial charge in [-0.2, -0.15) is 8.62 Å². The lowest BCUT2D eigenvalue weighted by Gasteiger charge is -2.47. The second-order valence-electron chi connectivity index (χ2n) is 13.7. The predicted molar refractivity (Wildman–Crippen MR) is 220 cm³/mol. The van der Waals surface area contributed by atoms with Crippen molar-refractivity contribution < 1.29 is 100 Å². The molecule has 10 unspecified atom stereocenters. The largest absolute Gasteiger partial charge is 0.483 e. The molecule has 4 aromatic carbocycles. The predicted octanol–water partition coefficient (Wildman–Crippen LogP) is 9.16. The van der Waals surface area contributed by atoms with E-state index in [0.717, 1.165) is 14.2 Å². The van der Waals surface area contributed by atoms with Crippen LogP contribution in [0, 0.1) is 0 Å². The Hall–Kier alpha value is -2.38. The minimum absolute atomic E-state index is 0.453. The van der Waals surface area contributed by atoms with Gasteiger partial charge in [0, 0.05) is 14.2 Å². The summed E-state index contributed by atoms with van der Waals surface area (Å²) >= 11 is 0. The molecule has 1 saturated carbocycles. The summed E-state index contributed by atoms with van der Waals surface area (Å²) in [5.41, 5.74) is 1.81. The van der Waals surface area contributed by atoms with Crippen molar-refractivity contribution in [2.45, 2.75) is 63.1 Å². The molecule has 28 heteroatoms. The van der Waals surface area contributed by atoms with Crippen molar-refractivity contribution in [3.8, 4) is 0 Å². The third-order valence-corrected chi connectivity index (χ3v) is 18.2. The van der Waals surface area contributed by atoms with Gasteiger partial charge in [0.15, 0.2) is 0 Å². The highest BCUT2D eigenvalue weighted by atomic mass is 31.3. The topological polar surface area (TPSA) is 272 Å².